The summed E-state index contributed by atoms with van der Waals surface area (Å²) >= 11 is 1.20. The number of ether oxygens (including phenoxy) is 2. The lowest BCUT2D eigenvalue weighted by atomic mass is 10.3. The van der Waals surface area contributed by atoms with Crippen LogP contribution in [0.1, 0.15) is 19.8 Å². The minimum absolute atomic E-state index is 0.00631. The number of fused-ring (bicyclic) bond motifs is 1. The summed E-state index contributed by atoms with van der Waals surface area (Å²) < 4.78 is 11.6. The first kappa shape index (κ1) is 24.4. The number of anilines is 2. The molecule has 0 aliphatic rings. The Hall–Kier alpha value is -3.25. The highest BCUT2D eigenvalue weighted by Gasteiger charge is 2.24. The lowest BCUT2D eigenvalue weighted by Gasteiger charge is -2.24. The number of aromatic nitrogens is 4. The molecule has 0 saturated heterocycles. The number of nitrogens with two attached hydrogens (primary N) is 1. The number of aromatic amines is 2. The van der Waals surface area contributed by atoms with Crippen LogP contribution in [0.3, 0.4) is 0 Å². The fourth-order valence-electron chi connectivity index (χ4n) is 3.29. The number of hydrogen-bond donors (Lipinski definition) is 3. The molecule has 2 aromatic heterocycles. The Morgan fingerprint density at radius 2 is 2.06 bits per heavy atom. The predicted octanol–water partition coefficient (Wildman–Crippen LogP) is 1.58. The zero-order chi connectivity index (χ0) is 24.0. The van der Waals surface area contributed by atoms with E-state index in [-0.39, 0.29) is 36.3 Å². The van der Waals surface area contributed by atoms with Crippen molar-refractivity contribution in [2.24, 2.45) is 0 Å². The van der Waals surface area contributed by atoms with Crippen LogP contribution in [0.5, 0.6) is 5.75 Å². The number of H-pyrrole nitrogens is 2. The molecule has 11 nitrogen and oxygen atoms in total. The van der Waals surface area contributed by atoms with E-state index in [4.69, 9.17) is 15.2 Å². The van der Waals surface area contributed by atoms with Crippen molar-refractivity contribution in [2.45, 2.75) is 31.5 Å². The number of thioether (sulfide) groups is 1. The third-order valence-electron chi connectivity index (χ3n) is 5.04. The molecule has 1 amide bonds. The minimum atomic E-state index is -0.712. The van der Waals surface area contributed by atoms with Crippen molar-refractivity contribution in [2.75, 3.05) is 43.8 Å². The quantitative estimate of drug-likeness (QED) is 0.353. The van der Waals surface area contributed by atoms with Crippen LogP contribution in [0.25, 0.3) is 11.0 Å². The van der Waals surface area contributed by atoms with Gasteiger partial charge in [0.1, 0.15) is 11.6 Å². The Kier molecular flexibility index (Phi) is 8.17. The third kappa shape index (κ3) is 5.57. The fourth-order valence-corrected chi connectivity index (χ4v) is 4.05. The van der Waals surface area contributed by atoms with Crippen LogP contribution in [0, 0.1) is 0 Å². The number of benzene rings is 1. The maximum Gasteiger partial charge on any atom is 0.330 e. The summed E-state index contributed by atoms with van der Waals surface area (Å²) in [5.41, 5.74) is 6.35. The van der Waals surface area contributed by atoms with Gasteiger partial charge in [0, 0.05) is 26.3 Å². The number of hydrogen-bond acceptors (Lipinski definition) is 8. The molecule has 0 aliphatic carbocycles. The molecule has 0 fully saturated rings. The van der Waals surface area contributed by atoms with Crippen LogP contribution in [0.4, 0.5) is 11.5 Å². The minimum Gasteiger partial charge on any atom is -0.497 e. The van der Waals surface area contributed by atoms with Crippen LogP contribution in [0.15, 0.2) is 32.9 Å². The van der Waals surface area contributed by atoms with Gasteiger partial charge in [-0.1, -0.05) is 25.1 Å². The summed E-state index contributed by atoms with van der Waals surface area (Å²) in [6, 6.07) is 5.44. The van der Waals surface area contributed by atoms with Crippen molar-refractivity contribution >= 4 is 40.2 Å². The van der Waals surface area contributed by atoms with E-state index < -0.39 is 11.2 Å². The first-order valence-electron chi connectivity index (χ1n) is 10.5. The van der Waals surface area contributed by atoms with Gasteiger partial charge in [0.05, 0.1) is 30.5 Å². The van der Waals surface area contributed by atoms with Crippen molar-refractivity contribution in [1.29, 1.82) is 0 Å². The molecule has 178 valence electrons. The Bertz CT molecular complexity index is 1230. The molecular formula is C21H28N6O5S. The second kappa shape index (κ2) is 11.1. The van der Waals surface area contributed by atoms with E-state index in [2.05, 4.69) is 15.0 Å². The van der Waals surface area contributed by atoms with Crippen molar-refractivity contribution in [3.8, 4) is 5.75 Å². The second-order valence-electron chi connectivity index (χ2n) is 7.25. The van der Waals surface area contributed by atoms with E-state index in [1.807, 2.05) is 19.1 Å². The largest absolute Gasteiger partial charge is 0.497 e. The summed E-state index contributed by atoms with van der Waals surface area (Å²) in [6.45, 7) is 2.61. The molecule has 0 saturated carbocycles. The van der Waals surface area contributed by atoms with E-state index in [0.717, 1.165) is 17.5 Å². The van der Waals surface area contributed by atoms with Gasteiger partial charge in [-0.05, 0) is 18.6 Å². The molecule has 3 aromatic rings. The Balaban J connectivity index is 1.86. The number of nitrogen functional groups attached to an aromatic ring is 1. The SMILES string of the molecule is CCCCn1c(N)c(N(CCOC)C(=O)CSc2nc3ccc(OC)cc3[nH]2)c(=O)[nH]c1=O. The summed E-state index contributed by atoms with van der Waals surface area (Å²) in [4.78, 5) is 49.2. The van der Waals surface area contributed by atoms with E-state index in [1.165, 1.54) is 28.3 Å². The van der Waals surface area contributed by atoms with Crippen molar-refractivity contribution in [1.82, 2.24) is 19.5 Å². The van der Waals surface area contributed by atoms with Gasteiger partial charge in [-0.25, -0.2) is 9.78 Å². The summed E-state index contributed by atoms with van der Waals surface area (Å²) in [5.74, 6) is 0.279. The number of carbonyl (C=O) groups is 1. The van der Waals surface area contributed by atoms with E-state index in [0.29, 0.717) is 23.9 Å². The molecule has 0 bridgehead atoms. The average Bonchev–Trinajstić information content (AvgIpc) is 3.21. The van der Waals surface area contributed by atoms with Crippen LogP contribution in [0.2, 0.25) is 0 Å². The number of nitrogens with one attached hydrogen (secondary N) is 2. The maximum absolute atomic E-state index is 13.1. The summed E-state index contributed by atoms with van der Waals surface area (Å²) in [7, 11) is 3.08. The van der Waals surface area contributed by atoms with Gasteiger partial charge >= 0.3 is 5.69 Å². The van der Waals surface area contributed by atoms with Gasteiger partial charge < -0.3 is 25.1 Å². The first-order chi connectivity index (χ1) is 15.9. The highest BCUT2D eigenvalue weighted by atomic mass is 32.2. The van der Waals surface area contributed by atoms with Crippen molar-refractivity contribution in [3.63, 3.8) is 0 Å². The number of imidazole rings is 1. The lowest BCUT2D eigenvalue weighted by Crippen LogP contribution is -2.43. The van der Waals surface area contributed by atoms with Gasteiger partial charge in [0.2, 0.25) is 5.91 Å². The first-order valence-corrected chi connectivity index (χ1v) is 11.5. The summed E-state index contributed by atoms with van der Waals surface area (Å²) in [5, 5.41) is 0.549. The number of carbonyl (C=O) groups excluding carboxylic acids is 1. The van der Waals surface area contributed by atoms with E-state index in [1.54, 1.807) is 13.2 Å². The molecule has 0 radical (unpaired) electrons. The molecule has 0 aliphatic heterocycles. The van der Waals surface area contributed by atoms with E-state index in [9.17, 15) is 14.4 Å². The highest BCUT2D eigenvalue weighted by molar-refractivity contribution is 7.99. The molecule has 1 aromatic carbocycles. The van der Waals surface area contributed by atoms with Crippen molar-refractivity contribution in [3.05, 3.63) is 39.0 Å². The van der Waals surface area contributed by atoms with Gasteiger partial charge in [0.25, 0.3) is 5.56 Å². The fraction of sp³-hybridized carbons (Fsp3) is 0.429. The molecule has 3 rings (SSSR count). The zero-order valence-electron chi connectivity index (χ0n) is 18.8. The zero-order valence-corrected chi connectivity index (χ0v) is 19.7. The Labute approximate surface area is 194 Å². The number of unbranched alkanes of at least 4 members (excludes halogenated alkanes) is 1. The standard InChI is InChI=1S/C21H28N6O5S/c1-4-5-8-27-18(22)17(19(29)25-21(27)30)26(9-10-31-2)16(28)12-33-20-23-14-7-6-13(32-3)11-15(14)24-20/h6-7,11H,4-5,8-10,12,22H2,1-3H3,(H,23,24)(H,25,29,30). The molecule has 12 heteroatoms. The smallest absolute Gasteiger partial charge is 0.330 e. The maximum atomic E-state index is 13.1. The number of methoxy groups -OCH3 is 2. The Morgan fingerprint density at radius 3 is 2.76 bits per heavy atom. The molecule has 0 atom stereocenters. The van der Waals surface area contributed by atoms with Gasteiger partial charge in [-0.3, -0.25) is 19.1 Å². The van der Waals surface area contributed by atoms with Crippen molar-refractivity contribution < 1.29 is 14.3 Å². The van der Waals surface area contributed by atoms with Gasteiger partial charge in [-0.2, -0.15) is 0 Å². The normalized spacial score (nSPS) is 11.1. The Morgan fingerprint density at radius 1 is 1.27 bits per heavy atom. The van der Waals surface area contributed by atoms with Crippen LogP contribution in [-0.4, -0.2) is 58.6 Å². The van der Waals surface area contributed by atoms with Crippen LogP contribution < -0.4 is 26.6 Å². The number of rotatable bonds is 11. The third-order valence-corrected chi connectivity index (χ3v) is 5.90. The molecule has 0 unspecified atom stereocenters. The van der Waals surface area contributed by atoms with Crippen LogP contribution >= 0.6 is 11.8 Å². The van der Waals surface area contributed by atoms with Gasteiger partial charge in [0.15, 0.2) is 10.8 Å². The molecule has 4 N–H and O–H groups in total. The lowest BCUT2D eigenvalue weighted by molar-refractivity contribution is -0.116. The highest BCUT2D eigenvalue weighted by Crippen LogP contribution is 2.24. The predicted molar refractivity (Wildman–Crippen MR) is 128 cm³/mol. The average molecular weight is 477 g/mol. The van der Waals surface area contributed by atoms with Gasteiger partial charge in [-0.15, -0.1) is 0 Å². The van der Waals surface area contributed by atoms with Crippen LogP contribution in [-0.2, 0) is 16.1 Å². The number of amides is 1. The summed E-state index contributed by atoms with van der Waals surface area (Å²) in [6.07, 6.45) is 1.54. The van der Waals surface area contributed by atoms with E-state index >= 15 is 0 Å². The topological polar surface area (TPSA) is 148 Å². The number of nitrogens with zero attached hydrogens (tertiary/aromatic N) is 3. The monoisotopic (exact) mass is 476 g/mol. The second-order valence-corrected chi connectivity index (χ2v) is 8.21. The molecule has 2 heterocycles. The molecule has 33 heavy (non-hydrogen) atoms. The molecular weight excluding hydrogens is 448 g/mol. The molecule has 0 spiro atoms.